The van der Waals surface area contributed by atoms with Crippen molar-refractivity contribution in [1.29, 1.82) is 0 Å². The fourth-order valence-corrected chi connectivity index (χ4v) is 4.91. The van der Waals surface area contributed by atoms with Gasteiger partial charge in [0, 0.05) is 33.3 Å². The zero-order chi connectivity index (χ0) is 25.9. The minimum absolute atomic E-state index is 0.691. The van der Waals surface area contributed by atoms with Crippen molar-refractivity contribution in [3.05, 3.63) is 119 Å². The van der Waals surface area contributed by atoms with Gasteiger partial charge >= 0.3 is 0 Å². The first-order valence-corrected chi connectivity index (χ1v) is 13.2. The van der Waals surface area contributed by atoms with Gasteiger partial charge < -0.3 is 0 Å². The summed E-state index contributed by atoms with van der Waals surface area (Å²) in [5.74, 6) is 0. The van der Waals surface area contributed by atoms with Gasteiger partial charge in [0.15, 0.2) is 0 Å². The predicted molar refractivity (Wildman–Crippen MR) is 155 cm³/mol. The van der Waals surface area contributed by atoms with Gasteiger partial charge in [-0.1, -0.05) is 60.1 Å². The number of hydrogen-bond donors (Lipinski definition) is 1. The molecule has 0 amide bonds. The third-order valence-corrected chi connectivity index (χ3v) is 7.04. The van der Waals surface area contributed by atoms with E-state index in [9.17, 15) is 0 Å². The van der Waals surface area contributed by atoms with Crippen molar-refractivity contribution in [2.24, 2.45) is 5.10 Å². The topological polar surface area (TPSA) is 72.9 Å². The summed E-state index contributed by atoms with van der Waals surface area (Å²) in [6.45, 7) is 2.05. The Morgan fingerprint density at radius 3 is 2.37 bits per heavy atom. The highest BCUT2D eigenvalue weighted by atomic mass is 35.5. The number of nitrogens with zero attached hydrogens (tertiary/aromatic N) is 6. The van der Waals surface area contributed by atoms with E-state index in [4.69, 9.17) is 16.7 Å². The van der Waals surface area contributed by atoms with Crippen LogP contribution in [-0.2, 0) is 0 Å². The van der Waals surface area contributed by atoms with E-state index in [1.165, 1.54) is 11.3 Å². The van der Waals surface area contributed by atoms with E-state index in [1.54, 1.807) is 6.21 Å². The maximum absolute atomic E-state index is 6.01. The third kappa shape index (κ3) is 4.87. The van der Waals surface area contributed by atoms with Crippen LogP contribution in [0.3, 0.4) is 0 Å². The second kappa shape index (κ2) is 10.5. The van der Waals surface area contributed by atoms with Crippen LogP contribution in [0.4, 0.5) is 5.13 Å². The van der Waals surface area contributed by atoms with Gasteiger partial charge in [0.05, 0.1) is 35.2 Å². The van der Waals surface area contributed by atoms with Gasteiger partial charge in [-0.15, -0.1) is 11.3 Å². The molecule has 0 spiro atoms. The lowest BCUT2D eigenvalue weighted by molar-refractivity contribution is 0.846. The molecule has 3 heterocycles. The molecular weight excluding hydrogens is 514 g/mol. The zero-order valence-electron chi connectivity index (χ0n) is 20.4. The van der Waals surface area contributed by atoms with Gasteiger partial charge in [-0.25, -0.2) is 14.3 Å². The third-order valence-electron chi connectivity index (χ3n) is 6.04. The van der Waals surface area contributed by atoms with E-state index in [0.29, 0.717) is 10.2 Å². The van der Waals surface area contributed by atoms with E-state index in [0.717, 1.165) is 45.1 Å². The molecular formula is C29H22ClN7S. The molecule has 3 aromatic carbocycles. The summed E-state index contributed by atoms with van der Waals surface area (Å²) in [6.07, 6.45) is 5.59. The zero-order valence-corrected chi connectivity index (χ0v) is 21.9. The summed E-state index contributed by atoms with van der Waals surface area (Å²) in [6, 6.07) is 27.7. The Labute approximate surface area is 228 Å². The van der Waals surface area contributed by atoms with Crippen molar-refractivity contribution in [3.8, 4) is 33.9 Å². The van der Waals surface area contributed by atoms with Crippen molar-refractivity contribution < 1.29 is 0 Å². The standard InChI is InChI=1S/C29H22ClN7S/c1-20-26(17-32-37(20)25-10-6-3-7-11-25)28-22(18-36(35-28)24-8-4-2-5-9-24)16-31-34-29-33-27(19-38-29)21-12-14-23(30)15-13-21/h2-19H,1H3,(H,33,34)/b31-16+. The molecule has 0 atom stereocenters. The normalized spacial score (nSPS) is 11.3. The highest BCUT2D eigenvalue weighted by molar-refractivity contribution is 7.14. The Bertz CT molecular complexity index is 1700. The number of halogens is 1. The number of benzene rings is 3. The van der Waals surface area contributed by atoms with Gasteiger partial charge in [-0.3, -0.25) is 5.43 Å². The second-order valence-electron chi connectivity index (χ2n) is 8.52. The smallest absolute Gasteiger partial charge is 0.203 e. The average Bonchev–Trinajstić information content (AvgIpc) is 3.69. The highest BCUT2D eigenvalue weighted by Crippen LogP contribution is 2.28. The van der Waals surface area contributed by atoms with Crippen LogP contribution in [-0.4, -0.2) is 30.8 Å². The highest BCUT2D eigenvalue weighted by Gasteiger charge is 2.17. The fraction of sp³-hybridized carbons (Fsp3) is 0.0345. The van der Waals surface area contributed by atoms with Crippen LogP contribution in [0.15, 0.2) is 108 Å². The Kier molecular flexibility index (Phi) is 6.56. The first-order chi connectivity index (χ1) is 18.7. The Morgan fingerprint density at radius 2 is 1.63 bits per heavy atom. The van der Waals surface area contributed by atoms with E-state index >= 15 is 0 Å². The van der Waals surface area contributed by atoms with E-state index < -0.39 is 0 Å². The van der Waals surface area contributed by atoms with Crippen molar-refractivity contribution in [3.63, 3.8) is 0 Å². The maximum Gasteiger partial charge on any atom is 0.203 e. The molecule has 0 saturated heterocycles. The quantitative estimate of drug-likeness (QED) is 0.172. The summed E-state index contributed by atoms with van der Waals surface area (Å²) < 4.78 is 3.78. The lowest BCUT2D eigenvalue weighted by Gasteiger charge is -2.05. The van der Waals surface area contributed by atoms with Crippen LogP contribution in [0.1, 0.15) is 11.3 Å². The van der Waals surface area contributed by atoms with Crippen LogP contribution < -0.4 is 5.43 Å². The number of rotatable bonds is 7. The Hall–Kier alpha value is -4.53. The fourth-order valence-electron chi connectivity index (χ4n) is 4.11. The first kappa shape index (κ1) is 23.8. The summed E-state index contributed by atoms with van der Waals surface area (Å²) in [4.78, 5) is 4.64. The van der Waals surface area contributed by atoms with Gasteiger partial charge in [0.2, 0.25) is 5.13 Å². The molecule has 6 aromatic rings. The first-order valence-electron chi connectivity index (χ1n) is 11.9. The number of hydrazone groups is 1. The molecule has 7 nitrogen and oxygen atoms in total. The van der Waals surface area contributed by atoms with Crippen LogP contribution in [0, 0.1) is 6.92 Å². The molecule has 0 bridgehead atoms. The van der Waals surface area contributed by atoms with Crippen LogP contribution >= 0.6 is 22.9 Å². The number of thiazole rings is 1. The number of nitrogens with one attached hydrogen (secondary N) is 1. The summed E-state index contributed by atoms with van der Waals surface area (Å²) in [7, 11) is 0. The molecule has 0 aliphatic rings. The van der Waals surface area contributed by atoms with Crippen molar-refractivity contribution >= 4 is 34.3 Å². The molecule has 0 fully saturated rings. The minimum Gasteiger partial charge on any atom is -0.253 e. The monoisotopic (exact) mass is 535 g/mol. The van der Waals surface area contributed by atoms with Crippen molar-refractivity contribution in [1.82, 2.24) is 24.5 Å². The van der Waals surface area contributed by atoms with E-state index in [-0.39, 0.29) is 0 Å². The molecule has 0 aliphatic carbocycles. The number of hydrogen-bond acceptors (Lipinski definition) is 6. The lowest BCUT2D eigenvalue weighted by atomic mass is 10.1. The van der Waals surface area contributed by atoms with Gasteiger partial charge in [0.25, 0.3) is 0 Å². The van der Waals surface area contributed by atoms with Gasteiger partial charge in [-0.05, 0) is 43.3 Å². The molecule has 1 N–H and O–H groups in total. The largest absolute Gasteiger partial charge is 0.253 e. The van der Waals surface area contributed by atoms with E-state index in [1.807, 2.05) is 119 Å². The molecule has 6 rings (SSSR count). The average molecular weight is 536 g/mol. The number of anilines is 1. The molecule has 186 valence electrons. The molecule has 0 radical (unpaired) electrons. The van der Waals surface area contributed by atoms with Crippen molar-refractivity contribution in [2.75, 3.05) is 5.43 Å². The van der Waals surface area contributed by atoms with Gasteiger partial charge in [-0.2, -0.15) is 15.3 Å². The molecule has 0 unspecified atom stereocenters. The summed E-state index contributed by atoms with van der Waals surface area (Å²) in [5, 5.41) is 17.4. The molecule has 9 heteroatoms. The summed E-state index contributed by atoms with van der Waals surface area (Å²) in [5.41, 5.74) is 10.5. The summed E-state index contributed by atoms with van der Waals surface area (Å²) >= 11 is 7.50. The lowest BCUT2D eigenvalue weighted by Crippen LogP contribution is -1.99. The van der Waals surface area contributed by atoms with Crippen LogP contribution in [0.2, 0.25) is 5.02 Å². The molecule has 0 aliphatic heterocycles. The molecule has 3 aromatic heterocycles. The maximum atomic E-state index is 6.01. The Balaban J connectivity index is 1.31. The second-order valence-corrected chi connectivity index (χ2v) is 9.81. The van der Waals surface area contributed by atoms with E-state index in [2.05, 4.69) is 20.6 Å². The van der Waals surface area contributed by atoms with Crippen LogP contribution in [0.25, 0.3) is 33.9 Å². The molecule has 0 saturated carbocycles. The van der Waals surface area contributed by atoms with Gasteiger partial charge in [0.1, 0.15) is 5.69 Å². The minimum atomic E-state index is 0.691. The molecule has 38 heavy (non-hydrogen) atoms. The predicted octanol–water partition coefficient (Wildman–Crippen LogP) is 7.26. The van der Waals surface area contributed by atoms with Crippen LogP contribution in [0.5, 0.6) is 0 Å². The Morgan fingerprint density at radius 1 is 0.921 bits per heavy atom. The SMILES string of the molecule is Cc1c(-c2nn(-c3ccccc3)cc2/C=N/Nc2nc(-c3ccc(Cl)cc3)cs2)cnn1-c1ccccc1. The van der Waals surface area contributed by atoms with Crippen molar-refractivity contribution in [2.45, 2.75) is 6.92 Å². The number of aromatic nitrogens is 5. The number of para-hydroxylation sites is 2.